The van der Waals surface area contributed by atoms with Gasteiger partial charge in [-0.25, -0.2) is 0 Å². The molecular weight excluding hydrogens is 160 g/mol. The van der Waals surface area contributed by atoms with Crippen LogP contribution < -0.4 is 5.32 Å². The van der Waals surface area contributed by atoms with Crippen molar-refractivity contribution >= 4 is 0 Å². The maximum absolute atomic E-state index is 3.42. The molecule has 0 aromatic carbocycles. The van der Waals surface area contributed by atoms with E-state index in [1.54, 1.807) is 0 Å². The van der Waals surface area contributed by atoms with E-state index in [2.05, 4.69) is 31.1 Å². The fraction of sp³-hybridized carbons (Fsp3) is 1.00. The number of nitrogens with zero attached hydrogens (tertiary/aromatic N) is 1. The number of hydrogen-bond acceptors (Lipinski definition) is 2. The van der Waals surface area contributed by atoms with E-state index in [4.69, 9.17) is 0 Å². The van der Waals surface area contributed by atoms with Gasteiger partial charge < -0.3 is 10.2 Å². The molecule has 2 heteroatoms. The molecule has 78 valence electrons. The maximum Gasteiger partial charge on any atom is 0.00355 e. The Bertz CT molecular complexity index is 126. The first-order valence-electron chi connectivity index (χ1n) is 5.61. The second-order valence-electron chi connectivity index (χ2n) is 4.58. The molecule has 0 aliphatic carbocycles. The molecule has 0 aromatic rings. The Kier molecular flexibility index (Phi) is 4.74. The number of nitrogens with one attached hydrogen (secondary N) is 1. The molecule has 0 spiro atoms. The van der Waals surface area contributed by atoms with Gasteiger partial charge in [0, 0.05) is 6.04 Å². The number of hydrogen-bond donors (Lipinski definition) is 1. The summed E-state index contributed by atoms with van der Waals surface area (Å²) < 4.78 is 0. The zero-order chi connectivity index (χ0) is 9.68. The van der Waals surface area contributed by atoms with Gasteiger partial charge in [0.15, 0.2) is 0 Å². The fourth-order valence-corrected chi connectivity index (χ4v) is 1.85. The predicted octanol–water partition coefficient (Wildman–Crippen LogP) is 1.72. The van der Waals surface area contributed by atoms with Crippen LogP contribution in [0.5, 0.6) is 0 Å². The van der Waals surface area contributed by atoms with Crippen molar-refractivity contribution in [1.29, 1.82) is 0 Å². The van der Waals surface area contributed by atoms with Gasteiger partial charge in [-0.15, -0.1) is 0 Å². The van der Waals surface area contributed by atoms with Gasteiger partial charge in [0.2, 0.25) is 0 Å². The maximum atomic E-state index is 3.42. The smallest absolute Gasteiger partial charge is 0.00355 e. The molecule has 1 heterocycles. The highest BCUT2D eigenvalue weighted by Gasteiger charge is 2.14. The third kappa shape index (κ3) is 4.10. The SMILES string of the molecule is CC(C)N(C)CCCC1CCNC1. The first-order valence-corrected chi connectivity index (χ1v) is 5.61. The highest BCUT2D eigenvalue weighted by Crippen LogP contribution is 2.14. The first-order chi connectivity index (χ1) is 6.20. The van der Waals surface area contributed by atoms with Crippen LogP contribution in [0, 0.1) is 5.92 Å². The summed E-state index contributed by atoms with van der Waals surface area (Å²) in [5, 5.41) is 3.42. The van der Waals surface area contributed by atoms with E-state index in [9.17, 15) is 0 Å². The molecule has 1 N–H and O–H groups in total. The summed E-state index contributed by atoms with van der Waals surface area (Å²) in [6, 6.07) is 0.696. The summed E-state index contributed by atoms with van der Waals surface area (Å²) in [5.74, 6) is 0.959. The van der Waals surface area contributed by atoms with E-state index in [0.717, 1.165) is 5.92 Å². The lowest BCUT2D eigenvalue weighted by atomic mass is 10.0. The molecule has 1 saturated heterocycles. The summed E-state index contributed by atoms with van der Waals surface area (Å²) in [4.78, 5) is 2.43. The molecule has 1 rings (SSSR count). The first kappa shape index (κ1) is 11.0. The fourth-order valence-electron chi connectivity index (χ4n) is 1.85. The molecule has 1 fully saturated rings. The average molecular weight is 184 g/mol. The van der Waals surface area contributed by atoms with Crippen LogP contribution in [0.1, 0.15) is 33.1 Å². The van der Waals surface area contributed by atoms with Crippen LogP contribution in [-0.2, 0) is 0 Å². The Hall–Kier alpha value is -0.0800. The summed E-state index contributed by atoms with van der Waals surface area (Å²) in [7, 11) is 2.22. The second kappa shape index (κ2) is 5.61. The molecule has 0 bridgehead atoms. The molecule has 1 aliphatic heterocycles. The van der Waals surface area contributed by atoms with Crippen LogP contribution in [-0.4, -0.2) is 37.6 Å². The Balaban J connectivity index is 1.99. The monoisotopic (exact) mass is 184 g/mol. The number of rotatable bonds is 5. The van der Waals surface area contributed by atoms with Crippen LogP contribution in [0.25, 0.3) is 0 Å². The molecule has 1 atom stereocenters. The topological polar surface area (TPSA) is 15.3 Å². The second-order valence-corrected chi connectivity index (χ2v) is 4.58. The molecule has 1 unspecified atom stereocenters. The Labute approximate surface area is 82.7 Å². The van der Waals surface area contributed by atoms with E-state index in [-0.39, 0.29) is 0 Å². The molecule has 13 heavy (non-hydrogen) atoms. The van der Waals surface area contributed by atoms with E-state index in [1.165, 1.54) is 38.9 Å². The minimum Gasteiger partial charge on any atom is -0.316 e. The van der Waals surface area contributed by atoms with Gasteiger partial charge >= 0.3 is 0 Å². The highest BCUT2D eigenvalue weighted by atomic mass is 15.1. The lowest BCUT2D eigenvalue weighted by molar-refractivity contribution is 0.262. The summed E-state index contributed by atoms with van der Waals surface area (Å²) in [5.41, 5.74) is 0. The van der Waals surface area contributed by atoms with Crippen molar-refractivity contribution in [3.05, 3.63) is 0 Å². The van der Waals surface area contributed by atoms with Crippen molar-refractivity contribution in [3.8, 4) is 0 Å². The summed E-state index contributed by atoms with van der Waals surface area (Å²) >= 11 is 0. The molecule has 0 saturated carbocycles. The van der Waals surface area contributed by atoms with Gasteiger partial charge in [0.05, 0.1) is 0 Å². The minimum atomic E-state index is 0.696. The Morgan fingerprint density at radius 2 is 2.23 bits per heavy atom. The van der Waals surface area contributed by atoms with Crippen LogP contribution in [0.3, 0.4) is 0 Å². The third-order valence-corrected chi connectivity index (χ3v) is 3.17. The minimum absolute atomic E-state index is 0.696. The van der Waals surface area contributed by atoms with Crippen molar-refractivity contribution in [2.45, 2.75) is 39.2 Å². The van der Waals surface area contributed by atoms with Gasteiger partial charge in [-0.3, -0.25) is 0 Å². The predicted molar refractivity (Wildman–Crippen MR) is 58.0 cm³/mol. The molecule has 0 aromatic heterocycles. The largest absolute Gasteiger partial charge is 0.316 e. The van der Waals surface area contributed by atoms with Gasteiger partial charge in [0.1, 0.15) is 0 Å². The van der Waals surface area contributed by atoms with Gasteiger partial charge in [-0.05, 0) is 65.7 Å². The molecule has 0 radical (unpaired) electrons. The lowest BCUT2D eigenvalue weighted by Crippen LogP contribution is -2.27. The van der Waals surface area contributed by atoms with Crippen LogP contribution >= 0.6 is 0 Å². The van der Waals surface area contributed by atoms with Gasteiger partial charge in [-0.1, -0.05) is 0 Å². The van der Waals surface area contributed by atoms with E-state index in [1.807, 2.05) is 0 Å². The normalized spacial score (nSPS) is 23.3. The van der Waals surface area contributed by atoms with Crippen molar-refractivity contribution in [2.24, 2.45) is 5.92 Å². The lowest BCUT2D eigenvalue weighted by Gasteiger charge is -2.21. The van der Waals surface area contributed by atoms with Crippen molar-refractivity contribution in [2.75, 3.05) is 26.7 Å². The Morgan fingerprint density at radius 3 is 2.77 bits per heavy atom. The zero-order valence-electron chi connectivity index (χ0n) is 9.34. The molecule has 2 nitrogen and oxygen atoms in total. The van der Waals surface area contributed by atoms with Gasteiger partial charge in [0.25, 0.3) is 0 Å². The average Bonchev–Trinajstić information content (AvgIpc) is 2.56. The molecular formula is C11H24N2. The van der Waals surface area contributed by atoms with E-state index < -0.39 is 0 Å². The summed E-state index contributed by atoms with van der Waals surface area (Å²) in [6.07, 6.45) is 4.16. The quantitative estimate of drug-likeness (QED) is 0.700. The highest BCUT2D eigenvalue weighted by molar-refractivity contribution is 4.71. The Morgan fingerprint density at radius 1 is 1.46 bits per heavy atom. The van der Waals surface area contributed by atoms with E-state index >= 15 is 0 Å². The summed E-state index contributed by atoms with van der Waals surface area (Å²) in [6.45, 7) is 8.28. The van der Waals surface area contributed by atoms with Gasteiger partial charge in [-0.2, -0.15) is 0 Å². The van der Waals surface area contributed by atoms with Crippen molar-refractivity contribution in [3.63, 3.8) is 0 Å². The van der Waals surface area contributed by atoms with Crippen LogP contribution in [0.15, 0.2) is 0 Å². The van der Waals surface area contributed by atoms with E-state index in [0.29, 0.717) is 6.04 Å². The standard InChI is InChI=1S/C11H24N2/c1-10(2)13(3)8-4-5-11-6-7-12-9-11/h10-12H,4-9H2,1-3H3. The molecule has 0 amide bonds. The van der Waals surface area contributed by atoms with Crippen molar-refractivity contribution < 1.29 is 0 Å². The third-order valence-electron chi connectivity index (χ3n) is 3.17. The van der Waals surface area contributed by atoms with Crippen LogP contribution in [0.2, 0.25) is 0 Å². The van der Waals surface area contributed by atoms with Crippen LogP contribution in [0.4, 0.5) is 0 Å². The van der Waals surface area contributed by atoms with Crippen molar-refractivity contribution in [1.82, 2.24) is 10.2 Å². The molecule has 1 aliphatic rings. The zero-order valence-corrected chi connectivity index (χ0v) is 9.34.